The van der Waals surface area contributed by atoms with Gasteiger partial charge in [0.1, 0.15) is 29.2 Å². The molecule has 1 fully saturated rings. The maximum absolute atomic E-state index is 14.2. The van der Waals surface area contributed by atoms with Crippen molar-refractivity contribution in [2.24, 2.45) is 5.92 Å². The fraction of sp³-hybridized carbons (Fsp3) is 0.260. The molecule has 1 saturated carbocycles. The van der Waals surface area contributed by atoms with Gasteiger partial charge in [0, 0.05) is 24.8 Å². The molecule has 18 heteroatoms. The van der Waals surface area contributed by atoms with Gasteiger partial charge in [0.15, 0.2) is 22.7 Å². The molecule has 3 heterocycles. The highest BCUT2D eigenvalue weighted by Gasteiger charge is 2.36. The van der Waals surface area contributed by atoms with E-state index in [4.69, 9.17) is 42.7 Å². The summed E-state index contributed by atoms with van der Waals surface area (Å²) < 4.78 is 43.9. The summed E-state index contributed by atoms with van der Waals surface area (Å²) >= 11 is 10.4. The third-order valence-electron chi connectivity index (χ3n) is 12.3. The lowest BCUT2D eigenvalue weighted by atomic mass is 9.85. The number of carbonyl (C=O) groups excluding carboxylic acids is 2. The maximum atomic E-state index is 14.2. The van der Waals surface area contributed by atoms with Gasteiger partial charge < -0.3 is 34.5 Å². The summed E-state index contributed by atoms with van der Waals surface area (Å²) in [7, 11) is 0. The molecule has 5 atom stereocenters. The van der Waals surface area contributed by atoms with Crippen molar-refractivity contribution in [3.8, 4) is 34.4 Å². The van der Waals surface area contributed by atoms with Crippen LogP contribution in [0.4, 0.5) is 5.13 Å². The van der Waals surface area contributed by atoms with Crippen LogP contribution in [0.3, 0.4) is 0 Å². The minimum atomic E-state index is -2.70. The Kier molecular flexibility index (Phi) is 14.1. The Morgan fingerprint density at radius 3 is 2.32 bits per heavy atom. The number of nitrogens with zero attached hydrogens (tertiary/aromatic N) is 2. The summed E-state index contributed by atoms with van der Waals surface area (Å²) in [5, 5.41) is 29.4. The van der Waals surface area contributed by atoms with Crippen LogP contribution < -0.4 is 30.2 Å². The van der Waals surface area contributed by atoms with Crippen molar-refractivity contribution in [1.82, 2.24) is 15.6 Å². The van der Waals surface area contributed by atoms with Gasteiger partial charge in [-0.3, -0.25) is 19.1 Å². The Bertz CT molecular complexity index is 2940. The Labute approximate surface area is 407 Å². The number of halogens is 2. The molecule has 0 spiro atoms. The van der Waals surface area contributed by atoms with E-state index in [2.05, 4.69) is 27.0 Å². The lowest BCUT2D eigenvalue weighted by molar-refractivity contribution is -0.142. The number of benzene rings is 5. The highest BCUT2D eigenvalue weighted by molar-refractivity contribution is 7.81. The Balaban J connectivity index is 0.943. The number of carboxylic acids is 1. The molecule has 1 aromatic heterocycles. The van der Waals surface area contributed by atoms with Gasteiger partial charge in [0.05, 0.1) is 33.4 Å². The van der Waals surface area contributed by atoms with E-state index in [0.29, 0.717) is 49.5 Å². The number of amides is 2. The molecule has 9 rings (SSSR count). The van der Waals surface area contributed by atoms with E-state index in [1.54, 1.807) is 42.5 Å². The number of carboxylic acid groups (broad SMARTS) is 1. The number of thiazole rings is 1. The number of aliphatic carboxylic acids is 1. The number of aromatic nitrogens is 1. The highest BCUT2D eigenvalue weighted by atomic mass is 35.5. The first kappa shape index (κ1) is 46.8. The molecule has 1 aliphatic carbocycles. The Morgan fingerprint density at radius 1 is 0.941 bits per heavy atom. The zero-order valence-electron chi connectivity index (χ0n) is 36.0. The second kappa shape index (κ2) is 20.5. The molecule has 0 radical (unpaired) electrons. The second-order valence-electron chi connectivity index (χ2n) is 16.8. The van der Waals surface area contributed by atoms with Gasteiger partial charge in [-0.05, 0) is 118 Å². The smallest absolute Gasteiger partial charge is 0.326 e. The van der Waals surface area contributed by atoms with Crippen LogP contribution in [0.15, 0.2) is 107 Å². The van der Waals surface area contributed by atoms with E-state index >= 15 is 0 Å². The monoisotopic (exact) mass is 990 g/mol. The van der Waals surface area contributed by atoms with E-state index in [0.717, 1.165) is 52.9 Å². The van der Waals surface area contributed by atoms with E-state index in [1.165, 1.54) is 0 Å². The third-order valence-corrected chi connectivity index (χ3v) is 15.0. The average Bonchev–Trinajstić information content (AvgIpc) is 3.72. The van der Waals surface area contributed by atoms with E-state index in [1.807, 2.05) is 60.7 Å². The zero-order chi connectivity index (χ0) is 47.5. The van der Waals surface area contributed by atoms with Crippen LogP contribution in [0, 0.1) is 17.2 Å². The number of ether oxygens (including phenoxy) is 3. The van der Waals surface area contributed by atoms with Gasteiger partial charge in [0.25, 0.3) is 0 Å². The van der Waals surface area contributed by atoms with Crippen molar-refractivity contribution in [1.29, 1.82) is 5.26 Å². The quantitative estimate of drug-likeness (QED) is 0.0712. The number of anilines is 1. The first-order valence-electron chi connectivity index (χ1n) is 21.8. The average molecular weight is 992 g/mol. The fourth-order valence-electron chi connectivity index (χ4n) is 8.36. The standard InChI is InChI=1S/C50H43Cl2N5O9S2/c51-37-17-8-29(18-38(37)52)25-64-35-15-13-32(14-16-35)45-26-65-43-21-34-20-40(47(59)55-41(48(60)61)19-27-4-9-30(10-5-27)31-11-6-28(24-53)7-12-31)54-39(36(34)22-44(43)66-45)23-42-49(68(62)63)67-50(56-42)57-46(58)33-2-1-3-33/h4-18,21-22,33,39-41,45,54H,1-3,19-20,23,25-26H2,(H,55,59)(H,60,61)(H,62,63)(H,56,57,58)/p-1. The van der Waals surface area contributed by atoms with Crippen LogP contribution in [-0.4, -0.2) is 55.3 Å². The number of hydrogen-bond donors (Lipinski definition) is 4. The Hall–Kier alpha value is -6.32. The molecule has 5 aromatic carbocycles. The fourth-order valence-corrected chi connectivity index (χ4v) is 10.2. The largest absolute Gasteiger partial charge is 0.768 e. The van der Waals surface area contributed by atoms with Crippen LogP contribution in [0.5, 0.6) is 17.2 Å². The van der Waals surface area contributed by atoms with Crippen molar-refractivity contribution >= 4 is 68.5 Å². The molecule has 2 aliphatic heterocycles. The zero-order valence-corrected chi connectivity index (χ0v) is 39.2. The van der Waals surface area contributed by atoms with Crippen molar-refractivity contribution in [2.75, 3.05) is 11.9 Å². The van der Waals surface area contributed by atoms with E-state index in [9.17, 15) is 28.3 Å². The number of hydrogen-bond acceptors (Lipinski definition) is 12. The summed E-state index contributed by atoms with van der Waals surface area (Å²) in [5.74, 6) is -0.633. The third kappa shape index (κ3) is 10.7. The predicted octanol–water partition coefficient (Wildman–Crippen LogP) is 8.67. The maximum Gasteiger partial charge on any atom is 0.326 e. The molecule has 4 N–H and O–H groups in total. The van der Waals surface area contributed by atoms with Crippen LogP contribution in [-0.2, 0) is 51.3 Å². The topological polar surface area (TPSA) is 212 Å². The summed E-state index contributed by atoms with van der Waals surface area (Å²) in [4.78, 5) is 44.2. The SMILES string of the molecule is N#Cc1ccc(-c2ccc(CC(NC(=O)C3Cc4cc5c(cc4C(Cc4nc(NC(=O)C6CCC6)sc4S(=O)[O-])N3)OC(c3ccc(OCc4ccc(Cl)c(Cl)c4)cc3)CO5)C(=O)O)cc2)cc1. The van der Waals surface area contributed by atoms with Gasteiger partial charge in [-0.2, -0.15) is 5.26 Å². The number of carbonyl (C=O) groups is 3. The second-order valence-corrected chi connectivity index (χ2v) is 19.7. The molecule has 14 nitrogen and oxygen atoms in total. The molecule has 0 bridgehead atoms. The van der Waals surface area contributed by atoms with Gasteiger partial charge in [-0.25, -0.2) is 9.78 Å². The van der Waals surface area contributed by atoms with E-state index in [-0.39, 0.29) is 59.3 Å². The Morgan fingerprint density at radius 2 is 1.66 bits per heavy atom. The van der Waals surface area contributed by atoms with Crippen LogP contribution in [0.1, 0.15) is 70.5 Å². The van der Waals surface area contributed by atoms with Crippen molar-refractivity contribution in [2.45, 2.75) is 73.6 Å². The number of rotatable bonds is 15. The molecule has 68 heavy (non-hydrogen) atoms. The van der Waals surface area contributed by atoms with Crippen molar-refractivity contribution in [3.63, 3.8) is 0 Å². The molecule has 0 saturated heterocycles. The van der Waals surface area contributed by atoms with Gasteiger partial charge >= 0.3 is 5.97 Å². The minimum Gasteiger partial charge on any atom is -0.768 e. The van der Waals surface area contributed by atoms with Gasteiger partial charge in [-0.1, -0.05) is 95.6 Å². The highest BCUT2D eigenvalue weighted by Crippen LogP contribution is 2.43. The van der Waals surface area contributed by atoms with Gasteiger partial charge in [0.2, 0.25) is 11.8 Å². The van der Waals surface area contributed by atoms with Crippen molar-refractivity contribution in [3.05, 3.63) is 152 Å². The van der Waals surface area contributed by atoms with Gasteiger partial charge in [-0.15, -0.1) is 0 Å². The molecular weight excluding hydrogens is 950 g/mol. The molecule has 3 aliphatic rings. The molecular formula is C50H42Cl2N5O9S2-. The molecule has 5 unspecified atom stereocenters. The minimum absolute atomic E-state index is 0.00263. The predicted molar refractivity (Wildman–Crippen MR) is 255 cm³/mol. The number of nitrogens with one attached hydrogen (secondary N) is 3. The van der Waals surface area contributed by atoms with Crippen LogP contribution in [0.25, 0.3) is 11.1 Å². The number of fused-ring (bicyclic) bond motifs is 2. The summed E-state index contributed by atoms with van der Waals surface area (Å²) in [5.41, 5.74) is 6.30. The molecule has 2 amide bonds. The van der Waals surface area contributed by atoms with Crippen LogP contribution >= 0.6 is 34.5 Å². The first-order chi connectivity index (χ1) is 32.9. The molecule has 6 aromatic rings. The van der Waals surface area contributed by atoms with E-state index < -0.39 is 47.2 Å². The van der Waals surface area contributed by atoms with Crippen molar-refractivity contribution < 1.29 is 42.5 Å². The number of nitriles is 1. The lowest BCUT2D eigenvalue weighted by Crippen LogP contribution is -2.54. The van der Waals surface area contributed by atoms with Crippen LogP contribution in [0.2, 0.25) is 10.0 Å². The molecule has 348 valence electrons. The summed E-state index contributed by atoms with van der Waals surface area (Å²) in [6.07, 6.45) is 2.11. The summed E-state index contributed by atoms with van der Waals surface area (Å²) in [6.45, 7) is 0.471. The normalized spacial score (nSPS) is 18.2. The lowest BCUT2D eigenvalue weighted by Gasteiger charge is -2.35. The first-order valence-corrected chi connectivity index (χ1v) is 24.4. The summed E-state index contributed by atoms with van der Waals surface area (Å²) in [6, 6.07) is 30.0.